The van der Waals surface area contributed by atoms with Crippen molar-refractivity contribution < 1.29 is 5.11 Å². The summed E-state index contributed by atoms with van der Waals surface area (Å²) < 4.78 is 1.90. The molecule has 1 fully saturated rings. The van der Waals surface area contributed by atoms with Gasteiger partial charge in [0, 0.05) is 19.2 Å². The molecule has 2 rings (SSSR count). The van der Waals surface area contributed by atoms with Crippen LogP contribution in [0.1, 0.15) is 38.1 Å². The molecule has 1 aromatic heterocycles. The SMILES string of the molecule is CCc1cc(CC(C)(O)C2CC2)n(C)n1. The lowest BCUT2D eigenvalue weighted by Crippen LogP contribution is -2.30. The maximum absolute atomic E-state index is 10.3. The Balaban J connectivity index is 2.12. The van der Waals surface area contributed by atoms with Gasteiger partial charge in [0.25, 0.3) is 0 Å². The normalized spacial score (nSPS) is 20.3. The molecule has 1 aliphatic rings. The average molecular weight is 208 g/mol. The van der Waals surface area contributed by atoms with Gasteiger partial charge in [-0.15, -0.1) is 0 Å². The molecular weight excluding hydrogens is 188 g/mol. The summed E-state index contributed by atoms with van der Waals surface area (Å²) in [5.41, 5.74) is 1.71. The van der Waals surface area contributed by atoms with Crippen molar-refractivity contribution in [1.82, 2.24) is 9.78 Å². The zero-order chi connectivity index (χ0) is 11.1. The van der Waals surface area contributed by atoms with Crippen molar-refractivity contribution in [2.75, 3.05) is 0 Å². The van der Waals surface area contributed by atoms with Crippen molar-refractivity contribution in [2.24, 2.45) is 13.0 Å². The van der Waals surface area contributed by atoms with Gasteiger partial charge in [0.05, 0.1) is 11.3 Å². The van der Waals surface area contributed by atoms with E-state index in [9.17, 15) is 5.11 Å². The molecule has 0 amide bonds. The van der Waals surface area contributed by atoms with E-state index >= 15 is 0 Å². The molecular formula is C12H20N2O. The monoisotopic (exact) mass is 208 g/mol. The Morgan fingerprint density at radius 3 is 2.73 bits per heavy atom. The predicted octanol–water partition coefficient (Wildman–Crippen LogP) is 1.69. The number of aromatic nitrogens is 2. The van der Waals surface area contributed by atoms with Crippen LogP contribution in [0.4, 0.5) is 0 Å². The minimum Gasteiger partial charge on any atom is -0.389 e. The standard InChI is InChI=1S/C12H20N2O/c1-4-10-7-11(14(3)13-10)8-12(2,15)9-5-6-9/h7,9,15H,4-6,8H2,1-3H3. The van der Waals surface area contributed by atoms with Gasteiger partial charge in [-0.25, -0.2) is 0 Å². The van der Waals surface area contributed by atoms with Crippen LogP contribution in [0, 0.1) is 5.92 Å². The van der Waals surface area contributed by atoms with Gasteiger partial charge in [0.1, 0.15) is 0 Å². The van der Waals surface area contributed by atoms with Gasteiger partial charge in [-0.05, 0) is 38.2 Å². The molecule has 84 valence electrons. The van der Waals surface area contributed by atoms with Crippen LogP contribution >= 0.6 is 0 Å². The van der Waals surface area contributed by atoms with Gasteiger partial charge < -0.3 is 5.11 Å². The van der Waals surface area contributed by atoms with E-state index in [0.29, 0.717) is 5.92 Å². The largest absolute Gasteiger partial charge is 0.389 e. The first-order valence-corrected chi connectivity index (χ1v) is 5.77. The lowest BCUT2D eigenvalue weighted by Gasteiger charge is -2.22. The molecule has 0 saturated heterocycles. The van der Waals surface area contributed by atoms with E-state index in [4.69, 9.17) is 0 Å². The molecule has 0 bridgehead atoms. The Labute approximate surface area is 91.1 Å². The van der Waals surface area contributed by atoms with E-state index in [1.807, 2.05) is 18.7 Å². The van der Waals surface area contributed by atoms with Crippen LogP contribution < -0.4 is 0 Å². The number of nitrogens with zero attached hydrogens (tertiary/aromatic N) is 2. The van der Waals surface area contributed by atoms with E-state index in [2.05, 4.69) is 18.1 Å². The molecule has 0 aliphatic heterocycles. The fourth-order valence-corrected chi connectivity index (χ4v) is 2.13. The first-order chi connectivity index (χ1) is 7.03. The van der Waals surface area contributed by atoms with Crippen LogP contribution in [0.2, 0.25) is 0 Å². The molecule has 1 atom stereocenters. The second-order valence-electron chi connectivity index (χ2n) is 4.91. The van der Waals surface area contributed by atoms with Crippen molar-refractivity contribution in [3.8, 4) is 0 Å². The second kappa shape index (κ2) is 3.63. The zero-order valence-corrected chi connectivity index (χ0v) is 9.82. The summed E-state index contributed by atoms with van der Waals surface area (Å²) in [6, 6.07) is 2.11. The molecule has 1 aromatic rings. The van der Waals surface area contributed by atoms with Crippen LogP contribution in [0.25, 0.3) is 0 Å². The van der Waals surface area contributed by atoms with Gasteiger partial charge in [-0.1, -0.05) is 6.92 Å². The van der Waals surface area contributed by atoms with Crippen molar-refractivity contribution in [3.63, 3.8) is 0 Å². The maximum Gasteiger partial charge on any atom is 0.0702 e. The summed E-state index contributed by atoms with van der Waals surface area (Å²) >= 11 is 0. The van der Waals surface area contributed by atoms with Gasteiger partial charge in [0.2, 0.25) is 0 Å². The fraction of sp³-hybridized carbons (Fsp3) is 0.750. The molecule has 0 spiro atoms. The highest BCUT2D eigenvalue weighted by molar-refractivity contribution is 5.13. The molecule has 0 aromatic carbocycles. The molecule has 0 radical (unpaired) electrons. The van der Waals surface area contributed by atoms with E-state index in [-0.39, 0.29) is 0 Å². The molecule has 3 nitrogen and oxygen atoms in total. The van der Waals surface area contributed by atoms with E-state index < -0.39 is 5.60 Å². The fourth-order valence-electron chi connectivity index (χ4n) is 2.13. The minimum atomic E-state index is -0.543. The Hall–Kier alpha value is -0.830. The first kappa shape index (κ1) is 10.7. The van der Waals surface area contributed by atoms with E-state index in [0.717, 1.165) is 24.2 Å². The first-order valence-electron chi connectivity index (χ1n) is 5.77. The molecule has 1 saturated carbocycles. The average Bonchev–Trinajstić information content (AvgIpc) is 2.94. The quantitative estimate of drug-likeness (QED) is 0.817. The van der Waals surface area contributed by atoms with Crippen LogP contribution in [-0.2, 0) is 19.9 Å². The number of hydrogen-bond acceptors (Lipinski definition) is 2. The molecule has 1 unspecified atom stereocenters. The van der Waals surface area contributed by atoms with Crippen molar-refractivity contribution in [3.05, 3.63) is 17.5 Å². The smallest absolute Gasteiger partial charge is 0.0702 e. The van der Waals surface area contributed by atoms with Crippen LogP contribution in [0.3, 0.4) is 0 Å². The van der Waals surface area contributed by atoms with Gasteiger partial charge in [-0.2, -0.15) is 5.10 Å². The summed E-state index contributed by atoms with van der Waals surface area (Å²) in [4.78, 5) is 0. The highest BCUT2D eigenvalue weighted by Gasteiger charge is 2.40. The molecule has 1 N–H and O–H groups in total. The third kappa shape index (κ3) is 2.23. The number of rotatable bonds is 4. The Morgan fingerprint density at radius 2 is 2.27 bits per heavy atom. The molecule has 15 heavy (non-hydrogen) atoms. The third-order valence-electron chi connectivity index (χ3n) is 3.39. The third-order valence-corrected chi connectivity index (χ3v) is 3.39. The highest BCUT2D eigenvalue weighted by Crippen LogP contribution is 2.41. The van der Waals surface area contributed by atoms with Crippen molar-refractivity contribution >= 4 is 0 Å². The molecule has 1 heterocycles. The Morgan fingerprint density at radius 1 is 1.60 bits per heavy atom. The summed E-state index contributed by atoms with van der Waals surface area (Å²) in [6.07, 6.45) is 4.03. The summed E-state index contributed by atoms with van der Waals surface area (Å²) in [5, 5.41) is 14.7. The summed E-state index contributed by atoms with van der Waals surface area (Å²) in [7, 11) is 1.96. The number of aliphatic hydroxyl groups is 1. The number of aryl methyl sites for hydroxylation is 2. The van der Waals surface area contributed by atoms with Crippen LogP contribution in [0.5, 0.6) is 0 Å². The molecule has 1 aliphatic carbocycles. The predicted molar refractivity (Wildman–Crippen MR) is 59.6 cm³/mol. The maximum atomic E-state index is 10.3. The van der Waals surface area contributed by atoms with Crippen molar-refractivity contribution in [1.29, 1.82) is 0 Å². The zero-order valence-electron chi connectivity index (χ0n) is 9.82. The Bertz CT molecular complexity index is 351. The van der Waals surface area contributed by atoms with Gasteiger partial charge in [0.15, 0.2) is 0 Å². The minimum absolute atomic E-state index is 0.498. The highest BCUT2D eigenvalue weighted by atomic mass is 16.3. The van der Waals surface area contributed by atoms with Crippen LogP contribution in [0.15, 0.2) is 6.07 Å². The van der Waals surface area contributed by atoms with Gasteiger partial charge >= 0.3 is 0 Å². The van der Waals surface area contributed by atoms with Crippen LogP contribution in [-0.4, -0.2) is 20.5 Å². The second-order valence-corrected chi connectivity index (χ2v) is 4.91. The number of hydrogen-bond donors (Lipinski definition) is 1. The van der Waals surface area contributed by atoms with Gasteiger partial charge in [-0.3, -0.25) is 4.68 Å². The topological polar surface area (TPSA) is 38.0 Å². The van der Waals surface area contributed by atoms with Crippen molar-refractivity contribution in [2.45, 2.75) is 45.1 Å². The van der Waals surface area contributed by atoms with E-state index in [1.165, 1.54) is 12.8 Å². The summed E-state index contributed by atoms with van der Waals surface area (Å²) in [6.45, 7) is 4.05. The summed E-state index contributed by atoms with van der Waals surface area (Å²) in [5.74, 6) is 0.498. The molecule has 3 heteroatoms. The lowest BCUT2D eigenvalue weighted by molar-refractivity contribution is 0.0354. The van der Waals surface area contributed by atoms with E-state index in [1.54, 1.807) is 0 Å². The lowest BCUT2D eigenvalue weighted by atomic mass is 9.94. The Kier molecular flexibility index (Phi) is 2.59.